The third kappa shape index (κ3) is 1.19. The highest BCUT2D eigenvalue weighted by atomic mass is 15.2. The van der Waals surface area contributed by atoms with Crippen molar-refractivity contribution < 1.29 is 0 Å². The van der Waals surface area contributed by atoms with Crippen molar-refractivity contribution in [2.45, 2.75) is 51.6 Å². The van der Waals surface area contributed by atoms with Gasteiger partial charge in [-0.05, 0) is 38.1 Å². The maximum atomic E-state index is 2.66. The number of hydrogen-bond donors (Lipinski definition) is 0. The maximum absolute atomic E-state index is 2.66. The van der Waals surface area contributed by atoms with Crippen LogP contribution in [0.1, 0.15) is 39.5 Å². The first kappa shape index (κ1) is 8.55. The van der Waals surface area contributed by atoms with Gasteiger partial charge in [-0.2, -0.15) is 0 Å². The van der Waals surface area contributed by atoms with E-state index < -0.39 is 0 Å². The van der Waals surface area contributed by atoms with Crippen molar-refractivity contribution in [2.24, 2.45) is 11.8 Å². The molecule has 3 atom stereocenters. The Morgan fingerprint density at radius 2 is 2.00 bits per heavy atom. The van der Waals surface area contributed by atoms with Gasteiger partial charge in [0.25, 0.3) is 0 Å². The summed E-state index contributed by atoms with van der Waals surface area (Å²) in [6, 6.07) is 1.82. The van der Waals surface area contributed by atoms with Crippen molar-refractivity contribution in [3.63, 3.8) is 0 Å². The summed E-state index contributed by atoms with van der Waals surface area (Å²) in [4.78, 5) is 2.66. The highest BCUT2D eigenvalue weighted by Gasteiger charge is 2.42. The van der Waals surface area contributed by atoms with Crippen molar-refractivity contribution in [1.29, 1.82) is 0 Å². The van der Waals surface area contributed by atoms with Crippen LogP contribution in [-0.4, -0.2) is 24.0 Å². The van der Waals surface area contributed by atoms with Gasteiger partial charge in [0.2, 0.25) is 0 Å². The Hall–Kier alpha value is -0.0400. The molecule has 2 aliphatic rings. The second-order valence-electron chi connectivity index (χ2n) is 4.97. The van der Waals surface area contributed by atoms with Crippen molar-refractivity contribution in [3.05, 3.63) is 0 Å². The summed E-state index contributed by atoms with van der Waals surface area (Å²) >= 11 is 0. The minimum Gasteiger partial charge on any atom is -0.300 e. The molecule has 2 fully saturated rings. The standard InChI is InChI=1S/C11H21N/c1-8(2)11-7-9-5-4-6-10(9)12(11)3/h8-11H,4-7H2,1-3H3/t9?,10?,11-/m0/s1. The second-order valence-corrected chi connectivity index (χ2v) is 4.97. The second kappa shape index (κ2) is 3.02. The summed E-state index contributed by atoms with van der Waals surface area (Å²) < 4.78 is 0. The fourth-order valence-electron chi connectivity index (χ4n) is 3.29. The average Bonchev–Trinajstić information content (AvgIpc) is 2.53. The third-order valence-electron chi connectivity index (χ3n) is 3.98. The quantitative estimate of drug-likeness (QED) is 0.580. The molecule has 0 spiro atoms. The van der Waals surface area contributed by atoms with Crippen molar-refractivity contribution in [3.8, 4) is 0 Å². The van der Waals surface area contributed by atoms with E-state index in [1.54, 1.807) is 0 Å². The van der Waals surface area contributed by atoms with Gasteiger partial charge in [0, 0.05) is 12.1 Å². The molecular formula is C11H21N. The smallest absolute Gasteiger partial charge is 0.0124 e. The SMILES string of the molecule is CC(C)[C@@H]1CC2CCCC2N1C. The van der Waals surface area contributed by atoms with Crippen LogP contribution in [0, 0.1) is 11.8 Å². The topological polar surface area (TPSA) is 3.24 Å². The van der Waals surface area contributed by atoms with Crippen molar-refractivity contribution in [2.75, 3.05) is 7.05 Å². The molecule has 2 unspecified atom stereocenters. The maximum Gasteiger partial charge on any atom is 0.0124 e. The van der Waals surface area contributed by atoms with E-state index in [2.05, 4.69) is 25.8 Å². The average molecular weight is 167 g/mol. The molecule has 1 saturated heterocycles. The molecule has 0 bridgehead atoms. The van der Waals surface area contributed by atoms with E-state index in [9.17, 15) is 0 Å². The van der Waals surface area contributed by atoms with E-state index in [1.807, 2.05) is 0 Å². The number of hydrogen-bond acceptors (Lipinski definition) is 1. The van der Waals surface area contributed by atoms with Crippen LogP contribution in [0.25, 0.3) is 0 Å². The lowest BCUT2D eigenvalue weighted by atomic mass is 9.96. The lowest BCUT2D eigenvalue weighted by molar-refractivity contribution is 0.195. The minimum atomic E-state index is 0.848. The normalized spacial score (nSPS) is 42.5. The largest absolute Gasteiger partial charge is 0.300 e. The highest BCUT2D eigenvalue weighted by molar-refractivity contribution is 4.96. The molecule has 1 saturated carbocycles. The Morgan fingerprint density at radius 3 is 2.58 bits per heavy atom. The summed E-state index contributed by atoms with van der Waals surface area (Å²) in [5, 5.41) is 0. The van der Waals surface area contributed by atoms with E-state index >= 15 is 0 Å². The fourth-order valence-corrected chi connectivity index (χ4v) is 3.29. The molecule has 0 aromatic heterocycles. The van der Waals surface area contributed by atoms with Crippen LogP contribution in [0.4, 0.5) is 0 Å². The molecule has 0 radical (unpaired) electrons. The Kier molecular flexibility index (Phi) is 2.16. The number of fused-ring (bicyclic) bond motifs is 1. The summed E-state index contributed by atoms with van der Waals surface area (Å²) in [5.74, 6) is 1.89. The molecule has 1 aliphatic heterocycles. The molecule has 2 rings (SSSR count). The van der Waals surface area contributed by atoms with Gasteiger partial charge >= 0.3 is 0 Å². The predicted octanol–water partition coefficient (Wildman–Crippen LogP) is 2.52. The first-order valence-electron chi connectivity index (χ1n) is 5.42. The molecule has 12 heavy (non-hydrogen) atoms. The van der Waals surface area contributed by atoms with Gasteiger partial charge < -0.3 is 0 Å². The van der Waals surface area contributed by atoms with Gasteiger partial charge in [-0.1, -0.05) is 20.3 Å². The summed E-state index contributed by atoms with van der Waals surface area (Å²) in [7, 11) is 2.33. The van der Waals surface area contributed by atoms with Crippen LogP contribution in [0.5, 0.6) is 0 Å². The van der Waals surface area contributed by atoms with Crippen LogP contribution in [0.15, 0.2) is 0 Å². The molecule has 70 valence electrons. The van der Waals surface area contributed by atoms with Gasteiger partial charge in [-0.25, -0.2) is 0 Å². The van der Waals surface area contributed by atoms with Gasteiger partial charge in [0.05, 0.1) is 0 Å². The summed E-state index contributed by atoms with van der Waals surface area (Å²) in [6.07, 6.45) is 5.91. The fraction of sp³-hybridized carbons (Fsp3) is 1.00. The number of likely N-dealkylation sites (tertiary alicyclic amines) is 1. The highest BCUT2D eigenvalue weighted by Crippen LogP contribution is 2.41. The minimum absolute atomic E-state index is 0.848. The van der Waals surface area contributed by atoms with E-state index in [0.29, 0.717) is 0 Å². The van der Waals surface area contributed by atoms with Crippen LogP contribution >= 0.6 is 0 Å². The van der Waals surface area contributed by atoms with Gasteiger partial charge in [-0.15, -0.1) is 0 Å². The Labute approximate surface area is 76.1 Å². The van der Waals surface area contributed by atoms with E-state index in [0.717, 1.165) is 23.9 Å². The zero-order valence-electron chi connectivity index (χ0n) is 8.59. The summed E-state index contributed by atoms with van der Waals surface area (Å²) in [5.41, 5.74) is 0. The molecular weight excluding hydrogens is 146 g/mol. The van der Waals surface area contributed by atoms with E-state index in [1.165, 1.54) is 25.7 Å². The van der Waals surface area contributed by atoms with Crippen molar-refractivity contribution in [1.82, 2.24) is 4.90 Å². The number of rotatable bonds is 1. The van der Waals surface area contributed by atoms with Crippen LogP contribution in [0.2, 0.25) is 0 Å². The van der Waals surface area contributed by atoms with Crippen molar-refractivity contribution >= 4 is 0 Å². The van der Waals surface area contributed by atoms with Gasteiger partial charge in [-0.3, -0.25) is 4.90 Å². The molecule has 0 N–H and O–H groups in total. The van der Waals surface area contributed by atoms with Crippen LogP contribution in [0.3, 0.4) is 0 Å². The van der Waals surface area contributed by atoms with Crippen LogP contribution < -0.4 is 0 Å². The van der Waals surface area contributed by atoms with Crippen LogP contribution in [-0.2, 0) is 0 Å². The predicted molar refractivity (Wildman–Crippen MR) is 52.1 cm³/mol. The van der Waals surface area contributed by atoms with E-state index in [-0.39, 0.29) is 0 Å². The van der Waals surface area contributed by atoms with Gasteiger partial charge in [0.15, 0.2) is 0 Å². The summed E-state index contributed by atoms with van der Waals surface area (Å²) in [6.45, 7) is 4.73. The molecule has 1 nitrogen and oxygen atoms in total. The lowest BCUT2D eigenvalue weighted by Gasteiger charge is -2.27. The zero-order chi connectivity index (χ0) is 8.72. The van der Waals surface area contributed by atoms with E-state index in [4.69, 9.17) is 0 Å². The first-order valence-corrected chi connectivity index (χ1v) is 5.42. The molecule has 1 aliphatic carbocycles. The molecule has 0 aromatic carbocycles. The Bertz CT molecular complexity index is 164. The number of nitrogens with zero attached hydrogens (tertiary/aromatic N) is 1. The first-order chi connectivity index (χ1) is 5.70. The Balaban J connectivity index is 2.05. The molecule has 0 amide bonds. The third-order valence-corrected chi connectivity index (χ3v) is 3.98. The molecule has 1 heteroatoms. The zero-order valence-corrected chi connectivity index (χ0v) is 8.59. The monoisotopic (exact) mass is 167 g/mol. The molecule has 0 aromatic rings. The molecule has 1 heterocycles. The van der Waals surface area contributed by atoms with Gasteiger partial charge in [0.1, 0.15) is 0 Å². The lowest BCUT2D eigenvalue weighted by Crippen LogP contribution is -2.35. The Morgan fingerprint density at radius 1 is 1.25 bits per heavy atom.